The number of para-hydroxylation sites is 2. The molecule has 1 N–H and O–H groups in total. The van der Waals surface area contributed by atoms with Crippen LogP contribution in [0.3, 0.4) is 0 Å². The van der Waals surface area contributed by atoms with Crippen molar-refractivity contribution in [1.29, 1.82) is 0 Å². The summed E-state index contributed by atoms with van der Waals surface area (Å²) in [7, 11) is 1.65. The zero-order valence-corrected chi connectivity index (χ0v) is 18.2. The van der Waals surface area contributed by atoms with Crippen LogP contribution >= 0.6 is 0 Å². The smallest absolute Gasteiger partial charge is 0.223 e. The number of aromatic nitrogens is 2. The van der Waals surface area contributed by atoms with Gasteiger partial charge in [-0.05, 0) is 50.9 Å². The maximum Gasteiger partial charge on any atom is 0.223 e. The highest BCUT2D eigenvalue weighted by molar-refractivity contribution is 5.80. The van der Waals surface area contributed by atoms with Gasteiger partial charge in [-0.15, -0.1) is 0 Å². The Morgan fingerprint density at radius 1 is 1.10 bits per heavy atom. The van der Waals surface area contributed by atoms with Crippen LogP contribution in [0.4, 0.5) is 5.95 Å². The first kappa shape index (κ1) is 21.1. The molecule has 0 atom stereocenters. The van der Waals surface area contributed by atoms with Crippen molar-refractivity contribution in [3.63, 3.8) is 0 Å². The zero-order valence-electron chi connectivity index (χ0n) is 18.2. The fourth-order valence-electron chi connectivity index (χ4n) is 4.71. The summed E-state index contributed by atoms with van der Waals surface area (Å²) in [5.41, 5.74) is 2.27. The third kappa shape index (κ3) is 4.95. The van der Waals surface area contributed by atoms with Gasteiger partial charge in [0.1, 0.15) is 0 Å². The van der Waals surface area contributed by atoms with Crippen molar-refractivity contribution < 1.29 is 9.53 Å². The van der Waals surface area contributed by atoms with Crippen LogP contribution in [0.5, 0.6) is 0 Å². The van der Waals surface area contributed by atoms with Crippen molar-refractivity contribution in [2.45, 2.75) is 38.6 Å². The Bertz CT molecular complexity index is 822. The summed E-state index contributed by atoms with van der Waals surface area (Å²) in [5.74, 6) is 1.31. The van der Waals surface area contributed by atoms with Gasteiger partial charge in [0, 0.05) is 45.8 Å². The molecule has 0 radical (unpaired) electrons. The number of amides is 1. The average molecular weight is 414 g/mol. The van der Waals surface area contributed by atoms with Crippen LogP contribution < -0.4 is 10.2 Å². The van der Waals surface area contributed by atoms with Crippen molar-refractivity contribution in [2.75, 3.05) is 57.9 Å². The molecule has 2 aliphatic rings. The van der Waals surface area contributed by atoms with Gasteiger partial charge in [-0.1, -0.05) is 18.6 Å². The highest BCUT2D eigenvalue weighted by Gasteiger charge is 2.27. The lowest BCUT2D eigenvalue weighted by Crippen LogP contribution is -2.42. The number of hydrogen-bond donors (Lipinski definition) is 1. The van der Waals surface area contributed by atoms with Gasteiger partial charge in [0.25, 0.3) is 0 Å². The molecule has 3 heterocycles. The second kappa shape index (κ2) is 10.3. The van der Waals surface area contributed by atoms with Gasteiger partial charge in [-0.25, -0.2) is 4.98 Å². The fraction of sp³-hybridized carbons (Fsp3) is 0.652. The van der Waals surface area contributed by atoms with E-state index in [1.54, 1.807) is 7.11 Å². The Morgan fingerprint density at radius 2 is 1.87 bits per heavy atom. The number of nitrogens with zero attached hydrogens (tertiary/aromatic N) is 4. The van der Waals surface area contributed by atoms with Crippen LogP contribution in [0.25, 0.3) is 11.0 Å². The van der Waals surface area contributed by atoms with E-state index in [0.29, 0.717) is 13.2 Å². The molecule has 1 aromatic heterocycles. The molecular weight excluding hydrogens is 378 g/mol. The maximum absolute atomic E-state index is 12.4. The molecular formula is C23H35N5O2. The molecule has 0 spiro atoms. The Balaban J connectivity index is 1.42. The molecule has 0 saturated carbocycles. The largest absolute Gasteiger partial charge is 0.383 e. The van der Waals surface area contributed by atoms with Gasteiger partial charge in [-0.2, -0.15) is 0 Å². The maximum atomic E-state index is 12.4. The van der Waals surface area contributed by atoms with Crippen LogP contribution in [-0.4, -0.2) is 73.3 Å². The number of ether oxygens (including phenoxy) is 1. The molecule has 164 valence electrons. The van der Waals surface area contributed by atoms with Gasteiger partial charge in [-0.3, -0.25) is 4.79 Å². The number of methoxy groups -OCH3 is 1. The van der Waals surface area contributed by atoms with Crippen molar-refractivity contribution in [3.05, 3.63) is 24.3 Å². The molecule has 0 aliphatic carbocycles. The number of imidazole rings is 1. The number of likely N-dealkylation sites (tertiary alicyclic amines) is 1. The Labute approximate surface area is 179 Å². The molecule has 2 saturated heterocycles. The highest BCUT2D eigenvalue weighted by Crippen LogP contribution is 2.27. The van der Waals surface area contributed by atoms with Crippen molar-refractivity contribution >= 4 is 22.9 Å². The van der Waals surface area contributed by atoms with Gasteiger partial charge >= 0.3 is 0 Å². The topological polar surface area (TPSA) is 62.6 Å². The van der Waals surface area contributed by atoms with Gasteiger partial charge in [0.2, 0.25) is 11.9 Å². The second-order valence-corrected chi connectivity index (χ2v) is 8.50. The zero-order chi connectivity index (χ0) is 20.8. The molecule has 1 aromatic carbocycles. The summed E-state index contributed by atoms with van der Waals surface area (Å²) < 4.78 is 7.42. The number of nitrogens with one attached hydrogen (secondary N) is 1. The van der Waals surface area contributed by atoms with E-state index in [0.717, 1.165) is 50.5 Å². The van der Waals surface area contributed by atoms with Crippen LogP contribution in [-0.2, 0) is 16.1 Å². The number of piperidine rings is 2. The number of anilines is 1. The molecule has 2 aromatic rings. The molecule has 0 bridgehead atoms. The van der Waals surface area contributed by atoms with E-state index in [1.165, 1.54) is 37.9 Å². The van der Waals surface area contributed by atoms with E-state index in [4.69, 9.17) is 9.72 Å². The molecule has 4 rings (SSSR count). The first-order chi connectivity index (χ1) is 14.8. The Morgan fingerprint density at radius 3 is 2.63 bits per heavy atom. The molecule has 30 heavy (non-hydrogen) atoms. The van der Waals surface area contributed by atoms with E-state index in [9.17, 15) is 4.79 Å². The summed E-state index contributed by atoms with van der Waals surface area (Å²) in [5, 5.41) is 2.99. The minimum Gasteiger partial charge on any atom is -0.383 e. The second-order valence-electron chi connectivity index (χ2n) is 8.50. The van der Waals surface area contributed by atoms with Gasteiger partial charge < -0.3 is 24.4 Å². The molecule has 1 amide bonds. The van der Waals surface area contributed by atoms with E-state index < -0.39 is 0 Å². The third-order valence-corrected chi connectivity index (χ3v) is 6.48. The van der Waals surface area contributed by atoms with Crippen LogP contribution in [0.1, 0.15) is 32.1 Å². The van der Waals surface area contributed by atoms with E-state index in [-0.39, 0.29) is 11.8 Å². The molecule has 2 aliphatic heterocycles. The van der Waals surface area contributed by atoms with Gasteiger partial charge in [0.15, 0.2) is 0 Å². The molecule has 7 nitrogen and oxygen atoms in total. The molecule has 0 unspecified atom stereocenters. The lowest BCUT2D eigenvalue weighted by atomic mass is 9.96. The fourth-order valence-corrected chi connectivity index (χ4v) is 4.71. The Hall–Kier alpha value is -2.12. The summed E-state index contributed by atoms with van der Waals surface area (Å²) in [6.45, 7) is 7.36. The standard InChI is InChI=1S/C23H35N5O2/c1-30-18-11-24-22(29)19-9-14-27(15-10-19)23-25-20-7-3-4-8-21(20)28(23)17-16-26-12-5-2-6-13-26/h3-4,7-8,19H,2,5-6,9-18H2,1H3,(H,24,29). The average Bonchev–Trinajstić information content (AvgIpc) is 3.17. The predicted molar refractivity (Wildman–Crippen MR) is 120 cm³/mol. The number of fused-ring (bicyclic) bond motifs is 1. The van der Waals surface area contributed by atoms with Gasteiger partial charge in [0.05, 0.1) is 17.6 Å². The summed E-state index contributed by atoms with van der Waals surface area (Å²) in [6, 6.07) is 8.44. The lowest BCUT2D eigenvalue weighted by molar-refractivity contribution is -0.125. The summed E-state index contributed by atoms with van der Waals surface area (Å²) in [4.78, 5) is 22.3. The van der Waals surface area contributed by atoms with Crippen molar-refractivity contribution in [1.82, 2.24) is 19.8 Å². The van der Waals surface area contributed by atoms with Crippen LogP contribution in [0, 0.1) is 5.92 Å². The third-order valence-electron chi connectivity index (χ3n) is 6.48. The van der Waals surface area contributed by atoms with E-state index in [2.05, 4.69) is 43.9 Å². The number of carbonyl (C=O) groups excluding carboxylic acids is 1. The minimum atomic E-state index is 0.0873. The lowest BCUT2D eigenvalue weighted by Gasteiger charge is -2.33. The first-order valence-corrected chi connectivity index (χ1v) is 11.5. The summed E-state index contributed by atoms with van der Waals surface area (Å²) >= 11 is 0. The van der Waals surface area contributed by atoms with Crippen molar-refractivity contribution in [3.8, 4) is 0 Å². The molecule has 7 heteroatoms. The SMILES string of the molecule is COCCNC(=O)C1CCN(c2nc3ccccc3n2CCN2CCCCC2)CC1. The van der Waals surface area contributed by atoms with Crippen LogP contribution in [0.2, 0.25) is 0 Å². The first-order valence-electron chi connectivity index (χ1n) is 11.5. The van der Waals surface area contributed by atoms with E-state index >= 15 is 0 Å². The predicted octanol–water partition coefficient (Wildman–Crippen LogP) is 2.50. The number of rotatable bonds is 8. The number of carbonyl (C=O) groups is 1. The van der Waals surface area contributed by atoms with Crippen molar-refractivity contribution in [2.24, 2.45) is 5.92 Å². The number of benzene rings is 1. The Kier molecular flexibility index (Phi) is 7.23. The number of hydrogen-bond acceptors (Lipinski definition) is 5. The minimum absolute atomic E-state index is 0.0873. The molecule has 2 fully saturated rings. The van der Waals surface area contributed by atoms with Crippen LogP contribution in [0.15, 0.2) is 24.3 Å². The highest BCUT2D eigenvalue weighted by atomic mass is 16.5. The monoisotopic (exact) mass is 413 g/mol. The van der Waals surface area contributed by atoms with E-state index in [1.807, 2.05) is 0 Å². The normalized spacial score (nSPS) is 18.8. The quantitative estimate of drug-likeness (QED) is 0.674. The summed E-state index contributed by atoms with van der Waals surface area (Å²) in [6.07, 6.45) is 5.74.